The summed E-state index contributed by atoms with van der Waals surface area (Å²) in [5.74, 6) is 0. The van der Waals surface area contributed by atoms with Crippen LogP contribution in [0.5, 0.6) is 0 Å². The Hall–Kier alpha value is 1.99. The van der Waals surface area contributed by atoms with Crippen LogP contribution in [-0.4, -0.2) is 54.0 Å². The molecule has 0 amide bonds. The second-order valence-corrected chi connectivity index (χ2v) is 0.224. The summed E-state index contributed by atoms with van der Waals surface area (Å²) < 4.78 is 0. The molecule has 0 aromatic rings. The number of nitrogens with zero attached hydrogens (tertiary/aromatic N) is 1. The van der Waals surface area contributed by atoms with Crippen LogP contribution in [0, 0.1) is 15.3 Å². The Bertz CT molecular complexity index is 40.3. The van der Waals surface area contributed by atoms with Gasteiger partial charge in [-0.1, -0.05) is 0 Å². The molecule has 0 aliphatic heterocycles. The maximum atomic E-state index is 8.25. The van der Waals surface area contributed by atoms with E-state index < -0.39 is 5.09 Å². The molecule has 0 heterocycles. The van der Waals surface area contributed by atoms with E-state index in [4.69, 9.17) is 15.3 Å². The van der Waals surface area contributed by atoms with E-state index in [1.54, 1.807) is 0 Å². The van der Waals surface area contributed by atoms with Crippen molar-refractivity contribution in [3.05, 3.63) is 15.3 Å². The Balaban J connectivity index is -0.00000000750. The fourth-order valence-electron chi connectivity index (χ4n) is 0. The van der Waals surface area contributed by atoms with Gasteiger partial charge in [0.05, 0.1) is 5.09 Å². The maximum Gasteiger partial charge on any atom is 0 e. The van der Waals surface area contributed by atoms with Crippen molar-refractivity contribution in [2.24, 2.45) is 0 Å². The van der Waals surface area contributed by atoms with Gasteiger partial charge in [-0.2, -0.15) is 27.0 Å². The molecule has 0 saturated carbocycles. The van der Waals surface area contributed by atoms with E-state index in [9.17, 15) is 0 Å². The Labute approximate surface area is 111 Å². The molecule has 0 saturated heterocycles. The first-order chi connectivity index (χ1) is 1.73. The Kier molecular flexibility index (Phi) is 93.4. The molecular weight excluding hydrogens is 327 g/mol. The first kappa shape index (κ1) is 32.4. The molecule has 0 N–H and O–H groups in total. The van der Waals surface area contributed by atoms with Crippen molar-refractivity contribution in [2.45, 2.75) is 0 Å². The minimum Gasteiger partial charge on any atom is 0 e. The monoisotopic (exact) mass is 333 g/mol. The molecule has 0 aromatic heterocycles. The summed E-state index contributed by atoms with van der Waals surface area (Å²) in [5, 5.41) is 14.8. The van der Waals surface area contributed by atoms with Gasteiger partial charge in [0.25, 0.3) is 0 Å². The average Bonchev–Trinajstić information content (AvgIpc) is 0.811. The second-order valence-electron chi connectivity index (χ2n) is 0.224. The van der Waals surface area contributed by atoms with Crippen LogP contribution in [0.15, 0.2) is 0 Å². The molecule has 1 radical (unpaired) electrons. The minimum atomic E-state index is -1.75. The molecule has 0 aromatic carbocycles. The van der Waals surface area contributed by atoms with Crippen LogP contribution in [0.25, 0.3) is 0 Å². The Morgan fingerprint density at radius 1 is 1.12 bits per heavy atom. The van der Waals surface area contributed by atoms with Crippen molar-refractivity contribution < 1.29 is 22.2 Å². The van der Waals surface area contributed by atoms with Crippen LogP contribution >= 0.6 is 27.0 Å². The second kappa shape index (κ2) is 23.0. The summed E-state index contributed by atoms with van der Waals surface area (Å²) in [6.07, 6.45) is 0. The third kappa shape index (κ3) is 98.5. The first-order valence-corrected chi connectivity index (χ1v) is 0.548. The molecule has 55 valence electrons. The van der Waals surface area contributed by atoms with Gasteiger partial charge in [-0.05, 0) is 0 Å². The molecule has 0 spiro atoms. The standard InChI is InChI=1S/Ba.Cu.NO3.2H2S.2H/c;;2-1(3)4;;;;/h;;;2*1H2;;/q;;-1;;;;. The summed E-state index contributed by atoms with van der Waals surface area (Å²) in [4.78, 5) is 8.25. The van der Waals surface area contributed by atoms with E-state index in [0.717, 1.165) is 0 Å². The topological polar surface area (TPSA) is 66.2 Å². The zero-order chi connectivity index (χ0) is 3.58. The summed E-state index contributed by atoms with van der Waals surface area (Å²) >= 11 is 0. The molecule has 0 bridgehead atoms. The summed E-state index contributed by atoms with van der Waals surface area (Å²) in [7, 11) is 0. The van der Waals surface area contributed by atoms with E-state index in [-0.39, 0.29) is 92.9 Å². The first-order valence-electron chi connectivity index (χ1n) is 0.548. The number of hydrogen-bond donors (Lipinski definition) is 0. The van der Waals surface area contributed by atoms with E-state index >= 15 is 0 Å². The molecule has 8 heavy (non-hydrogen) atoms. The summed E-state index contributed by atoms with van der Waals surface area (Å²) in [6, 6.07) is 0. The number of hydrogen-bond acceptors (Lipinski definition) is 3. The van der Waals surface area contributed by atoms with Crippen molar-refractivity contribution in [3.8, 4) is 0 Å². The summed E-state index contributed by atoms with van der Waals surface area (Å²) in [5.41, 5.74) is 0. The van der Waals surface area contributed by atoms with E-state index in [0.29, 0.717) is 0 Å². The Morgan fingerprint density at radius 2 is 1.12 bits per heavy atom. The normalized spacial score (nSPS) is 3.00. The zero-order valence-corrected chi connectivity index (χ0v) is 5.92. The minimum absolute atomic E-state index is 0. The van der Waals surface area contributed by atoms with E-state index in [1.165, 1.54) is 0 Å². The van der Waals surface area contributed by atoms with Gasteiger partial charge < -0.3 is 15.3 Å². The van der Waals surface area contributed by atoms with Gasteiger partial charge >= 0.3 is 48.9 Å². The maximum absolute atomic E-state index is 8.25. The SMILES string of the molecule is O=[N+]([O-])[O-].S.S.[BaH2].[Cu]. The third-order valence-corrected chi connectivity index (χ3v) is 0. The van der Waals surface area contributed by atoms with Crippen LogP contribution in [0.3, 0.4) is 0 Å². The molecule has 0 aliphatic carbocycles. The van der Waals surface area contributed by atoms with Crippen LogP contribution < -0.4 is 0 Å². The van der Waals surface area contributed by atoms with Crippen LogP contribution in [0.2, 0.25) is 0 Å². The molecule has 0 atom stereocenters. The van der Waals surface area contributed by atoms with Gasteiger partial charge in [0, 0.05) is 17.1 Å². The van der Waals surface area contributed by atoms with Gasteiger partial charge in [0.15, 0.2) is 0 Å². The number of rotatable bonds is 0. The quantitative estimate of drug-likeness (QED) is 0.327. The fourth-order valence-corrected chi connectivity index (χ4v) is 0. The van der Waals surface area contributed by atoms with Gasteiger partial charge in [0.1, 0.15) is 0 Å². The van der Waals surface area contributed by atoms with Crippen molar-refractivity contribution in [3.63, 3.8) is 0 Å². The van der Waals surface area contributed by atoms with Crippen molar-refractivity contribution in [1.82, 2.24) is 0 Å². The molecule has 8 heteroatoms. The largest absolute Gasteiger partial charge is 0 e. The molecule has 0 rings (SSSR count). The van der Waals surface area contributed by atoms with Crippen molar-refractivity contribution in [2.75, 3.05) is 0 Å². The predicted octanol–water partition coefficient (Wildman–Crippen LogP) is -0.932. The van der Waals surface area contributed by atoms with Crippen LogP contribution in [-0.2, 0) is 17.1 Å². The summed E-state index contributed by atoms with van der Waals surface area (Å²) in [6.45, 7) is 0. The van der Waals surface area contributed by atoms with Crippen molar-refractivity contribution in [1.29, 1.82) is 0 Å². The molecule has 0 fully saturated rings. The smallest absolute Gasteiger partial charge is 0 e. The van der Waals surface area contributed by atoms with Gasteiger partial charge in [-0.3, -0.25) is 0 Å². The van der Waals surface area contributed by atoms with E-state index in [1.807, 2.05) is 0 Å². The van der Waals surface area contributed by atoms with Gasteiger partial charge in [-0.25, -0.2) is 0 Å². The van der Waals surface area contributed by atoms with Crippen LogP contribution in [0.1, 0.15) is 0 Å². The van der Waals surface area contributed by atoms with Gasteiger partial charge in [0.2, 0.25) is 0 Å². The van der Waals surface area contributed by atoms with Gasteiger partial charge in [-0.15, -0.1) is 0 Å². The Morgan fingerprint density at radius 3 is 1.12 bits per heavy atom. The zero-order valence-electron chi connectivity index (χ0n) is 2.97. The fraction of sp³-hybridized carbons (Fsp3) is 0. The van der Waals surface area contributed by atoms with Crippen molar-refractivity contribution >= 4 is 75.9 Å². The molecular formula is H6BaCuNO3S2-. The molecule has 0 aliphatic rings. The predicted molar refractivity (Wildman–Crippen MR) is 39.7 cm³/mol. The van der Waals surface area contributed by atoms with E-state index in [2.05, 4.69) is 0 Å². The molecule has 0 unspecified atom stereocenters. The van der Waals surface area contributed by atoms with Crippen LogP contribution in [0.4, 0.5) is 0 Å². The average molecular weight is 333 g/mol. The molecule has 4 nitrogen and oxygen atoms in total. The third-order valence-electron chi connectivity index (χ3n) is 0.